The lowest BCUT2D eigenvalue weighted by molar-refractivity contribution is -0.141. The van der Waals surface area contributed by atoms with E-state index in [1.807, 2.05) is 13.8 Å². The molecule has 4 heterocycles. The van der Waals surface area contributed by atoms with Gasteiger partial charge in [-0.25, -0.2) is 24.9 Å². The number of amides is 1. The molecular weight excluding hydrogens is 487 g/mol. The zero-order valence-electron chi connectivity index (χ0n) is 21.0. The molecule has 1 aliphatic rings. The van der Waals surface area contributed by atoms with Crippen molar-refractivity contribution in [1.82, 2.24) is 29.8 Å². The Balaban J connectivity index is 1.63. The van der Waals surface area contributed by atoms with E-state index in [1.54, 1.807) is 49.3 Å². The molecule has 3 aromatic rings. The molecule has 0 radical (unpaired) electrons. The standard InChI is InChI=1S/C25H28F3N7O2/c1-5-18-23(32-12-20(34-18)25(26,27)28)31-11-19-16(4)37-15(3)13-35(19)24(36)21-17(8-7-14(2)33-21)22-29-9-6-10-30-22/h6-10,12,15-16,19H,5,11,13H2,1-4H3,(H,31,32)/t15-,16+,19-/m1/s1. The molecular formula is C25H28F3N7O2. The molecule has 0 spiro atoms. The molecule has 1 N–H and O–H groups in total. The first-order valence-electron chi connectivity index (χ1n) is 12.0. The highest BCUT2D eigenvalue weighted by Crippen LogP contribution is 2.29. The van der Waals surface area contributed by atoms with E-state index in [2.05, 4.69) is 30.2 Å². The number of rotatable bonds is 6. The van der Waals surface area contributed by atoms with Gasteiger partial charge in [-0.2, -0.15) is 13.2 Å². The maximum Gasteiger partial charge on any atom is 0.434 e. The van der Waals surface area contributed by atoms with Gasteiger partial charge in [0.2, 0.25) is 0 Å². The van der Waals surface area contributed by atoms with Crippen molar-refractivity contribution >= 4 is 11.7 Å². The molecule has 12 heteroatoms. The van der Waals surface area contributed by atoms with Gasteiger partial charge >= 0.3 is 6.18 Å². The zero-order valence-corrected chi connectivity index (χ0v) is 21.0. The summed E-state index contributed by atoms with van der Waals surface area (Å²) in [6, 6.07) is 4.80. The quantitative estimate of drug-likeness (QED) is 0.526. The van der Waals surface area contributed by atoms with E-state index in [9.17, 15) is 18.0 Å². The van der Waals surface area contributed by atoms with Crippen molar-refractivity contribution in [2.24, 2.45) is 0 Å². The number of alkyl halides is 3. The molecule has 1 aliphatic heterocycles. The van der Waals surface area contributed by atoms with Gasteiger partial charge in [0.25, 0.3) is 5.91 Å². The second-order valence-electron chi connectivity index (χ2n) is 8.88. The van der Waals surface area contributed by atoms with E-state index in [4.69, 9.17) is 4.74 Å². The summed E-state index contributed by atoms with van der Waals surface area (Å²) in [6.07, 6.45) is -1.03. The fourth-order valence-corrected chi connectivity index (χ4v) is 4.31. The first kappa shape index (κ1) is 26.4. The summed E-state index contributed by atoms with van der Waals surface area (Å²) in [6.45, 7) is 7.73. The highest BCUT2D eigenvalue weighted by Gasteiger charge is 2.38. The number of aromatic nitrogens is 5. The van der Waals surface area contributed by atoms with Crippen molar-refractivity contribution in [3.8, 4) is 11.4 Å². The zero-order chi connectivity index (χ0) is 26.7. The number of halogens is 3. The molecule has 1 amide bonds. The minimum Gasteiger partial charge on any atom is -0.372 e. The van der Waals surface area contributed by atoms with Crippen LogP contribution in [0.3, 0.4) is 0 Å². The predicted molar refractivity (Wildman–Crippen MR) is 130 cm³/mol. The Labute approximate surface area is 212 Å². The van der Waals surface area contributed by atoms with E-state index in [0.717, 1.165) is 0 Å². The van der Waals surface area contributed by atoms with Gasteiger partial charge in [0.05, 0.1) is 35.7 Å². The molecule has 4 rings (SSSR count). The largest absolute Gasteiger partial charge is 0.434 e. The normalized spacial score (nSPS) is 20.1. The number of nitrogens with one attached hydrogen (secondary N) is 1. The average Bonchev–Trinajstić information content (AvgIpc) is 2.87. The average molecular weight is 516 g/mol. The first-order chi connectivity index (χ1) is 17.6. The van der Waals surface area contributed by atoms with Crippen LogP contribution >= 0.6 is 0 Å². The molecule has 0 aliphatic carbocycles. The summed E-state index contributed by atoms with van der Waals surface area (Å²) in [5, 5.41) is 3.09. The lowest BCUT2D eigenvalue weighted by Crippen LogP contribution is -2.58. The molecule has 1 saturated heterocycles. The highest BCUT2D eigenvalue weighted by atomic mass is 19.4. The Morgan fingerprint density at radius 2 is 1.89 bits per heavy atom. The SMILES string of the molecule is CCc1nc(C(F)(F)F)cnc1NC[C@@H]1[C@H](C)O[C@H](C)CN1C(=O)c1nc(C)ccc1-c1ncccn1. The monoisotopic (exact) mass is 515 g/mol. The van der Waals surface area contributed by atoms with Crippen LogP contribution in [0, 0.1) is 6.92 Å². The van der Waals surface area contributed by atoms with Crippen LogP contribution < -0.4 is 5.32 Å². The highest BCUT2D eigenvalue weighted by molar-refractivity contribution is 5.98. The van der Waals surface area contributed by atoms with Crippen LogP contribution in [-0.2, 0) is 17.3 Å². The summed E-state index contributed by atoms with van der Waals surface area (Å²) in [5.41, 5.74) is 0.544. The van der Waals surface area contributed by atoms with Crippen LogP contribution in [0.25, 0.3) is 11.4 Å². The van der Waals surface area contributed by atoms with E-state index in [1.165, 1.54) is 0 Å². The second kappa shape index (κ2) is 10.8. The maximum atomic E-state index is 13.9. The molecule has 0 unspecified atom stereocenters. The number of carbonyl (C=O) groups excluding carboxylic acids is 1. The number of pyridine rings is 1. The van der Waals surface area contributed by atoms with Crippen molar-refractivity contribution in [3.63, 3.8) is 0 Å². The number of aryl methyl sites for hydroxylation is 2. The summed E-state index contributed by atoms with van der Waals surface area (Å²) in [7, 11) is 0. The van der Waals surface area contributed by atoms with Crippen LogP contribution in [0.5, 0.6) is 0 Å². The number of ether oxygens (including phenoxy) is 1. The van der Waals surface area contributed by atoms with Crippen LogP contribution in [0.1, 0.15) is 48.3 Å². The van der Waals surface area contributed by atoms with E-state index < -0.39 is 17.9 Å². The predicted octanol–water partition coefficient (Wildman–Crippen LogP) is 3.95. The van der Waals surface area contributed by atoms with Crippen LogP contribution in [0.15, 0.2) is 36.8 Å². The Morgan fingerprint density at radius 1 is 1.16 bits per heavy atom. The fourth-order valence-electron chi connectivity index (χ4n) is 4.31. The van der Waals surface area contributed by atoms with Gasteiger partial charge in [-0.3, -0.25) is 4.79 Å². The number of anilines is 1. The minimum absolute atomic E-state index is 0.189. The summed E-state index contributed by atoms with van der Waals surface area (Å²) in [5.74, 6) is 0.310. The lowest BCUT2D eigenvalue weighted by atomic mass is 10.0. The third-order valence-electron chi connectivity index (χ3n) is 6.10. The summed E-state index contributed by atoms with van der Waals surface area (Å²) >= 11 is 0. The lowest BCUT2D eigenvalue weighted by Gasteiger charge is -2.43. The van der Waals surface area contributed by atoms with Crippen LogP contribution in [0.4, 0.5) is 19.0 Å². The molecule has 0 bridgehead atoms. The molecule has 1 fully saturated rings. The van der Waals surface area contributed by atoms with Crippen molar-refractivity contribution in [1.29, 1.82) is 0 Å². The second-order valence-corrected chi connectivity index (χ2v) is 8.88. The van der Waals surface area contributed by atoms with Gasteiger partial charge in [-0.1, -0.05) is 6.92 Å². The van der Waals surface area contributed by atoms with Gasteiger partial charge in [-0.05, 0) is 45.4 Å². The molecule has 0 saturated carbocycles. The van der Waals surface area contributed by atoms with E-state index >= 15 is 0 Å². The Hall–Kier alpha value is -3.67. The smallest absolute Gasteiger partial charge is 0.372 e. The van der Waals surface area contributed by atoms with Crippen molar-refractivity contribution in [2.75, 3.05) is 18.4 Å². The molecule has 3 aromatic heterocycles. The van der Waals surface area contributed by atoms with E-state index in [0.29, 0.717) is 29.8 Å². The van der Waals surface area contributed by atoms with Gasteiger partial charge in [0.15, 0.2) is 11.5 Å². The minimum atomic E-state index is -4.58. The topological polar surface area (TPSA) is 106 Å². The number of hydrogen-bond acceptors (Lipinski definition) is 8. The molecule has 37 heavy (non-hydrogen) atoms. The van der Waals surface area contributed by atoms with Gasteiger partial charge in [-0.15, -0.1) is 0 Å². The van der Waals surface area contributed by atoms with Gasteiger partial charge < -0.3 is 15.0 Å². The van der Waals surface area contributed by atoms with Crippen molar-refractivity contribution in [2.45, 2.75) is 58.5 Å². The molecule has 9 nitrogen and oxygen atoms in total. The van der Waals surface area contributed by atoms with Crippen LogP contribution in [0.2, 0.25) is 0 Å². The van der Waals surface area contributed by atoms with E-state index in [-0.39, 0.29) is 48.3 Å². The third kappa shape index (κ3) is 5.85. The fraction of sp³-hybridized carbons (Fsp3) is 0.440. The first-order valence-corrected chi connectivity index (χ1v) is 12.0. The number of nitrogens with zero attached hydrogens (tertiary/aromatic N) is 6. The van der Waals surface area contributed by atoms with Crippen LogP contribution in [-0.4, -0.2) is 67.1 Å². The molecule has 3 atom stereocenters. The number of carbonyl (C=O) groups is 1. The maximum absolute atomic E-state index is 13.9. The summed E-state index contributed by atoms with van der Waals surface area (Å²) < 4.78 is 45.3. The van der Waals surface area contributed by atoms with Gasteiger partial charge in [0.1, 0.15) is 11.5 Å². The number of hydrogen-bond donors (Lipinski definition) is 1. The summed E-state index contributed by atoms with van der Waals surface area (Å²) in [4.78, 5) is 36.4. The Bertz CT molecular complexity index is 1260. The number of morpholine rings is 1. The van der Waals surface area contributed by atoms with Gasteiger partial charge in [0, 0.05) is 31.2 Å². The molecule has 196 valence electrons. The van der Waals surface area contributed by atoms with Crippen molar-refractivity contribution < 1.29 is 22.7 Å². The third-order valence-corrected chi connectivity index (χ3v) is 6.10. The van der Waals surface area contributed by atoms with Crippen molar-refractivity contribution in [3.05, 3.63) is 59.6 Å². The Kier molecular flexibility index (Phi) is 7.67. The molecule has 0 aromatic carbocycles. The Morgan fingerprint density at radius 3 is 2.57 bits per heavy atom.